The fraction of sp³-hybridized carbons (Fsp3) is 0.174. The van der Waals surface area contributed by atoms with Crippen molar-refractivity contribution in [1.82, 2.24) is 19.7 Å². The minimum Gasteiger partial charge on any atom is -0.465 e. The average Bonchev–Trinajstić information content (AvgIpc) is 3.43. The molecule has 0 atom stereocenters. The van der Waals surface area contributed by atoms with Crippen LogP contribution in [-0.4, -0.2) is 52.8 Å². The van der Waals surface area contributed by atoms with Gasteiger partial charge in [-0.25, -0.2) is 9.59 Å². The minimum absolute atomic E-state index is 0.346. The van der Waals surface area contributed by atoms with Gasteiger partial charge in [0, 0.05) is 49.2 Å². The van der Waals surface area contributed by atoms with Crippen LogP contribution in [0.2, 0.25) is 0 Å². The summed E-state index contributed by atoms with van der Waals surface area (Å²) >= 11 is 1.37. The molecule has 4 rings (SSSR count). The van der Waals surface area contributed by atoms with Crippen molar-refractivity contribution in [3.05, 3.63) is 65.7 Å². The lowest BCUT2D eigenvalue weighted by atomic mass is 10.0. The second-order valence-corrected chi connectivity index (χ2v) is 8.23. The Balaban J connectivity index is 1.62. The van der Waals surface area contributed by atoms with Crippen molar-refractivity contribution in [1.29, 1.82) is 0 Å². The Morgan fingerprint density at radius 2 is 1.87 bits per heavy atom. The molecule has 156 valence electrons. The number of nitrogens with zero attached hydrogens (tertiary/aromatic N) is 4. The van der Waals surface area contributed by atoms with Gasteiger partial charge in [0.2, 0.25) is 0 Å². The maximum atomic E-state index is 11.9. The number of carbonyl (C=O) groups is 1. The molecule has 0 aliphatic heterocycles. The summed E-state index contributed by atoms with van der Waals surface area (Å²) in [4.78, 5) is 29.6. The molecule has 0 amide bonds. The molecule has 7 nitrogen and oxygen atoms in total. The molecule has 1 aromatic carbocycles. The van der Waals surface area contributed by atoms with Gasteiger partial charge in [-0.2, -0.15) is 5.10 Å². The lowest BCUT2D eigenvalue weighted by molar-refractivity contribution is 0.0606. The summed E-state index contributed by atoms with van der Waals surface area (Å²) in [7, 11) is 4.99. The first-order chi connectivity index (χ1) is 15.0. The van der Waals surface area contributed by atoms with Crippen LogP contribution in [0.3, 0.4) is 0 Å². The van der Waals surface area contributed by atoms with Crippen molar-refractivity contribution in [3.63, 3.8) is 0 Å². The molecule has 0 fully saturated rings. The second kappa shape index (κ2) is 8.55. The van der Waals surface area contributed by atoms with Crippen molar-refractivity contribution in [2.45, 2.75) is 6.54 Å². The van der Waals surface area contributed by atoms with Crippen molar-refractivity contribution in [2.75, 3.05) is 21.2 Å². The van der Waals surface area contributed by atoms with Gasteiger partial charge in [-0.05, 0) is 17.2 Å². The van der Waals surface area contributed by atoms with Crippen molar-refractivity contribution >= 4 is 33.3 Å². The van der Waals surface area contributed by atoms with E-state index in [1.165, 1.54) is 18.4 Å². The maximum Gasteiger partial charge on any atom is 0.348 e. The first-order valence-corrected chi connectivity index (χ1v) is 10.3. The van der Waals surface area contributed by atoms with E-state index in [-0.39, 0.29) is 5.97 Å². The van der Waals surface area contributed by atoms with Crippen LogP contribution >= 0.6 is 11.3 Å². The number of ether oxygens (including phenoxy) is 1. The zero-order chi connectivity index (χ0) is 22.0. The molecule has 3 aromatic heterocycles. The van der Waals surface area contributed by atoms with Gasteiger partial charge in [-0.1, -0.05) is 24.3 Å². The number of benzene rings is 1. The summed E-state index contributed by atoms with van der Waals surface area (Å²) in [6.45, 7) is 0.364. The molecule has 4 aromatic rings. The predicted molar refractivity (Wildman–Crippen MR) is 121 cm³/mol. The Kier molecular flexibility index (Phi) is 5.66. The van der Waals surface area contributed by atoms with E-state index in [2.05, 4.69) is 10.1 Å². The molecule has 0 saturated carbocycles. The number of hydrogen-bond donors (Lipinski definition) is 0. The molecular weight excluding hydrogens is 412 g/mol. The highest BCUT2D eigenvalue weighted by molar-refractivity contribution is 7.20. The Labute approximate surface area is 183 Å². The Morgan fingerprint density at radius 1 is 1.13 bits per heavy atom. The van der Waals surface area contributed by atoms with Gasteiger partial charge in [0.1, 0.15) is 16.5 Å². The normalized spacial score (nSPS) is 10.7. The first kappa shape index (κ1) is 20.5. The quantitative estimate of drug-likeness (QED) is 0.340. The van der Waals surface area contributed by atoms with Gasteiger partial charge in [0.05, 0.1) is 24.6 Å². The smallest absolute Gasteiger partial charge is 0.348 e. The lowest BCUT2D eigenvalue weighted by Crippen LogP contribution is -2.17. The number of likely N-dealkylation sites (N-methyl/N-ethyl adjacent to an activating group) is 1. The van der Waals surface area contributed by atoms with Crippen molar-refractivity contribution < 1.29 is 14.3 Å². The number of allylic oxidation sites excluding steroid dienone is 1. The lowest BCUT2D eigenvalue weighted by Gasteiger charge is -2.12. The highest BCUT2D eigenvalue weighted by atomic mass is 32.1. The SMILES string of the molecule is COC(=O)c1cc2c(-c3ccc(-c4cnn(CC(=C=O)N(C)C)c4)cc3)cncc2s1. The van der Waals surface area contributed by atoms with Gasteiger partial charge in [-0.3, -0.25) is 9.67 Å². The van der Waals surface area contributed by atoms with Gasteiger partial charge in [0.15, 0.2) is 0 Å². The van der Waals surface area contributed by atoms with Crippen molar-refractivity contribution in [2.24, 2.45) is 0 Å². The molecule has 0 saturated heterocycles. The highest BCUT2D eigenvalue weighted by Gasteiger charge is 2.14. The number of methoxy groups -OCH3 is 1. The molecule has 0 radical (unpaired) electrons. The molecule has 0 spiro atoms. The third-order valence-electron chi connectivity index (χ3n) is 4.96. The van der Waals surface area contributed by atoms with Gasteiger partial charge < -0.3 is 9.64 Å². The number of carbonyl (C=O) groups excluding carboxylic acids is 2. The summed E-state index contributed by atoms with van der Waals surface area (Å²) in [5.41, 5.74) is 4.44. The summed E-state index contributed by atoms with van der Waals surface area (Å²) in [5, 5.41) is 5.32. The fourth-order valence-corrected chi connectivity index (χ4v) is 4.22. The van der Waals surface area contributed by atoms with E-state index in [0.29, 0.717) is 17.1 Å². The van der Waals surface area contributed by atoms with Crippen LogP contribution in [0.15, 0.2) is 60.8 Å². The maximum absolute atomic E-state index is 11.9. The molecule has 0 unspecified atom stereocenters. The second-order valence-electron chi connectivity index (χ2n) is 7.15. The number of thiophene rings is 1. The number of esters is 1. The van der Waals surface area contributed by atoms with Crippen molar-refractivity contribution in [3.8, 4) is 22.3 Å². The van der Waals surface area contributed by atoms with E-state index >= 15 is 0 Å². The number of pyridine rings is 1. The molecule has 3 heterocycles. The van der Waals surface area contributed by atoms with Crippen LogP contribution < -0.4 is 0 Å². The minimum atomic E-state index is -0.346. The highest BCUT2D eigenvalue weighted by Crippen LogP contribution is 2.34. The summed E-state index contributed by atoms with van der Waals surface area (Å²) in [6.07, 6.45) is 7.24. The van der Waals surface area contributed by atoms with E-state index < -0.39 is 0 Å². The largest absolute Gasteiger partial charge is 0.465 e. The molecular formula is C23H20N4O3S. The summed E-state index contributed by atoms with van der Waals surface area (Å²) < 4.78 is 7.49. The third kappa shape index (κ3) is 4.12. The van der Waals surface area contributed by atoms with Crippen LogP contribution in [0.5, 0.6) is 0 Å². The monoisotopic (exact) mass is 432 g/mol. The Hall–Kier alpha value is -3.74. The van der Waals surface area contributed by atoms with Gasteiger partial charge in [0.25, 0.3) is 0 Å². The Bertz CT molecular complexity index is 1300. The number of aromatic nitrogens is 3. The fourth-order valence-electron chi connectivity index (χ4n) is 3.25. The summed E-state index contributed by atoms with van der Waals surface area (Å²) in [6, 6.07) is 9.94. The van der Waals surface area contributed by atoms with Crippen LogP contribution in [0.4, 0.5) is 0 Å². The van der Waals surface area contributed by atoms with E-state index in [1.54, 1.807) is 42.3 Å². The molecule has 0 aliphatic carbocycles. The Morgan fingerprint density at radius 3 is 2.55 bits per heavy atom. The first-order valence-electron chi connectivity index (χ1n) is 9.50. The van der Waals surface area contributed by atoms with Gasteiger partial charge in [-0.15, -0.1) is 11.3 Å². The van der Waals surface area contributed by atoms with E-state index in [4.69, 9.17) is 4.74 Å². The predicted octanol–water partition coefficient (Wildman–Crippen LogP) is 3.89. The number of hydrogen-bond acceptors (Lipinski definition) is 7. The average molecular weight is 433 g/mol. The van der Waals surface area contributed by atoms with Crippen LogP contribution in [0.1, 0.15) is 9.67 Å². The zero-order valence-electron chi connectivity index (χ0n) is 17.3. The molecule has 0 N–H and O–H groups in total. The van der Waals surface area contributed by atoms with Gasteiger partial charge >= 0.3 is 5.97 Å². The molecule has 8 heteroatoms. The van der Waals surface area contributed by atoms with Crippen LogP contribution in [0, 0.1) is 0 Å². The van der Waals surface area contributed by atoms with E-state index in [1.807, 2.05) is 42.5 Å². The standard InChI is InChI=1S/C23H20N4O3S/c1-26(2)18(14-28)13-27-12-17(9-25-27)15-4-6-16(7-5-15)20-10-24-11-22-19(20)8-21(31-22)23(29)30-3/h4-12H,13H2,1-3H3. The molecule has 0 bridgehead atoms. The number of rotatable bonds is 6. The number of fused-ring (bicyclic) bond motifs is 1. The van der Waals surface area contributed by atoms with Crippen LogP contribution in [0.25, 0.3) is 32.3 Å². The van der Waals surface area contributed by atoms with E-state index in [0.717, 1.165) is 32.3 Å². The van der Waals surface area contributed by atoms with E-state index in [9.17, 15) is 9.59 Å². The summed E-state index contributed by atoms with van der Waals surface area (Å²) in [5.74, 6) is 1.60. The third-order valence-corrected chi connectivity index (χ3v) is 6.01. The molecule has 31 heavy (non-hydrogen) atoms. The zero-order valence-corrected chi connectivity index (χ0v) is 18.1. The molecule has 0 aliphatic rings. The van der Waals surface area contributed by atoms with Crippen LogP contribution in [-0.2, 0) is 16.1 Å². The topological polar surface area (TPSA) is 77.3 Å².